The van der Waals surface area contributed by atoms with Crippen molar-refractivity contribution in [3.63, 3.8) is 0 Å². The maximum absolute atomic E-state index is 10.6. The lowest BCUT2D eigenvalue weighted by atomic mass is 10.0. The van der Waals surface area contributed by atoms with Gasteiger partial charge in [0.05, 0.1) is 9.88 Å². The van der Waals surface area contributed by atoms with E-state index in [4.69, 9.17) is 0 Å². The number of piperidine rings is 1. The summed E-state index contributed by atoms with van der Waals surface area (Å²) in [6.45, 7) is 4.57. The summed E-state index contributed by atoms with van der Waals surface area (Å²) in [5.74, 6) is 0.783. The summed E-state index contributed by atoms with van der Waals surface area (Å²) in [5, 5.41) is 1.25. The summed E-state index contributed by atoms with van der Waals surface area (Å²) < 4.78 is 0. The van der Waals surface area contributed by atoms with Crippen LogP contribution in [0.15, 0.2) is 12.1 Å². The second kappa shape index (κ2) is 4.13. The van der Waals surface area contributed by atoms with Crippen molar-refractivity contribution in [1.29, 1.82) is 0 Å². The summed E-state index contributed by atoms with van der Waals surface area (Å²) in [5.41, 5.74) is 0. The molecule has 0 N–H and O–H groups in total. The van der Waals surface area contributed by atoms with E-state index in [0.29, 0.717) is 0 Å². The number of nitrogens with zero attached hydrogens (tertiary/aromatic N) is 1. The van der Waals surface area contributed by atoms with Crippen LogP contribution < -0.4 is 4.90 Å². The highest BCUT2D eigenvalue weighted by Crippen LogP contribution is 2.28. The van der Waals surface area contributed by atoms with Crippen molar-refractivity contribution in [3.05, 3.63) is 17.0 Å². The number of hydrogen-bond donors (Lipinski definition) is 0. The third-order valence-electron chi connectivity index (χ3n) is 2.70. The maximum atomic E-state index is 10.6. The molecule has 14 heavy (non-hydrogen) atoms. The Bertz CT molecular complexity index is 321. The molecule has 1 unspecified atom stereocenters. The molecule has 1 aliphatic rings. The smallest absolute Gasteiger partial charge is 0.160 e. The lowest BCUT2D eigenvalue weighted by Gasteiger charge is -2.31. The monoisotopic (exact) mass is 209 g/mol. The molecule has 0 amide bonds. The summed E-state index contributed by atoms with van der Waals surface area (Å²) in [4.78, 5) is 13.8. The zero-order valence-electron chi connectivity index (χ0n) is 8.40. The summed E-state index contributed by atoms with van der Waals surface area (Å²) in [6, 6.07) is 3.97. The zero-order chi connectivity index (χ0) is 9.97. The maximum Gasteiger partial charge on any atom is 0.160 e. The van der Waals surface area contributed by atoms with Crippen LogP contribution in [-0.4, -0.2) is 19.4 Å². The van der Waals surface area contributed by atoms with Gasteiger partial charge in [0.2, 0.25) is 0 Å². The average molecular weight is 209 g/mol. The fourth-order valence-corrected chi connectivity index (χ4v) is 2.82. The molecule has 0 aromatic carbocycles. The van der Waals surface area contributed by atoms with Crippen molar-refractivity contribution in [1.82, 2.24) is 0 Å². The predicted octanol–water partition coefficient (Wildman–Crippen LogP) is 2.80. The van der Waals surface area contributed by atoms with Gasteiger partial charge in [-0.15, -0.1) is 11.3 Å². The summed E-state index contributed by atoms with van der Waals surface area (Å²) in [7, 11) is 0. The lowest BCUT2D eigenvalue weighted by molar-refractivity contribution is 0.112. The van der Waals surface area contributed by atoms with Gasteiger partial charge in [-0.05, 0) is 30.9 Å². The Kier molecular flexibility index (Phi) is 2.87. The molecule has 0 aliphatic carbocycles. The van der Waals surface area contributed by atoms with Crippen molar-refractivity contribution in [3.8, 4) is 0 Å². The largest absolute Gasteiger partial charge is 0.363 e. The van der Waals surface area contributed by atoms with Gasteiger partial charge in [0.1, 0.15) is 0 Å². The Labute approximate surface area is 88.5 Å². The molecule has 1 atom stereocenters. The Morgan fingerprint density at radius 2 is 2.43 bits per heavy atom. The van der Waals surface area contributed by atoms with E-state index < -0.39 is 0 Å². The van der Waals surface area contributed by atoms with Crippen molar-refractivity contribution >= 4 is 22.6 Å². The summed E-state index contributed by atoms with van der Waals surface area (Å²) in [6.07, 6.45) is 3.54. The van der Waals surface area contributed by atoms with Gasteiger partial charge in [0, 0.05) is 13.1 Å². The highest BCUT2D eigenvalue weighted by Gasteiger charge is 2.17. The molecule has 2 nitrogen and oxygen atoms in total. The van der Waals surface area contributed by atoms with Crippen LogP contribution in [0.5, 0.6) is 0 Å². The third-order valence-corrected chi connectivity index (χ3v) is 3.77. The van der Waals surface area contributed by atoms with E-state index in [2.05, 4.69) is 17.9 Å². The van der Waals surface area contributed by atoms with Crippen LogP contribution in [0.25, 0.3) is 0 Å². The number of carbonyl (C=O) groups is 1. The van der Waals surface area contributed by atoms with Gasteiger partial charge in [-0.1, -0.05) is 6.92 Å². The Morgan fingerprint density at radius 1 is 1.57 bits per heavy atom. The minimum atomic E-state index is 0.783. The Balaban J connectivity index is 2.09. The van der Waals surface area contributed by atoms with Gasteiger partial charge in [-0.3, -0.25) is 4.79 Å². The fourth-order valence-electron chi connectivity index (χ4n) is 1.97. The molecule has 0 radical (unpaired) electrons. The molecule has 0 spiro atoms. The number of aldehydes is 1. The van der Waals surface area contributed by atoms with E-state index in [9.17, 15) is 4.79 Å². The molecule has 3 heteroatoms. The molecule has 1 aromatic heterocycles. The molecule has 0 bridgehead atoms. The molecular weight excluding hydrogens is 194 g/mol. The number of carbonyl (C=O) groups excluding carboxylic acids is 1. The van der Waals surface area contributed by atoms with E-state index in [-0.39, 0.29) is 0 Å². The first-order valence-electron chi connectivity index (χ1n) is 5.09. The van der Waals surface area contributed by atoms with Gasteiger partial charge in [-0.25, -0.2) is 0 Å². The van der Waals surface area contributed by atoms with E-state index in [1.54, 1.807) is 11.3 Å². The number of anilines is 1. The molecule has 1 aliphatic heterocycles. The average Bonchev–Trinajstić information content (AvgIpc) is 2.66. The van der Waals surface area contributed by atoms with Gasteiger partial charge < -0.3 is 4.90 Å². The zero-order valence-corrected chi connectivity index (χ0v) is 9.22. The Hall–Kier alpha value is -0.830. The minimum Gasteiger partial charge on any atom is -0.363 e. The molecule has 1 saturated heterocycles. The topological polar surface area (TPSA) is 20.3 Å². The molecule has 1 fully saturated rings. The molecule has 2 heterocycles. The van der Waals surface area contributed by atoms with Crippen molar-refractivity contribution in [2.45, 2.75) is 19.8 Å². The molecular formula is C11H15NOS. The van der Waals surface area contributed by atoms with Gasteiger partial charge >= 0.3 is 0 Å². The van der Waals surface area contributed by atoms with Crippen LogP contribution in [0.1, 0.15) is 29.4 Å². The van der Waals surface area contributed by atoms with E-state index in [0.717, 1.165) is 30.2 Å². The summed E-state index contributed by atoms with van der Waals surface area (Å²) >= 11 is 1.60. The first-order valence-corrected chi connectivity index (χ1v) is 5.91. The first-order chi connectivity index (χ1) is 6.79. The van der Waals surface area contributed by atoms with Crippen LogP contribution in [0.2, 0.25) is 0 Å². The number of hydrogen-bond acceptors (Lipinski definition) is 3. The molecule has 1 aromatic rings. The molecule has 76 valence electrons. The highest BCUT2D eigenvalue weighted by atomic mass is 32.1. The molecule has 0 saturated carbocycles. The first kappa shape index (κ1) is 9.71. The SMILES string of the molecule is CC1CCCN(c2ccc(C=O)s2)C1. The van der Waals surface area contributed by atoms with Crippen LogP contribution in [0, 0.1) is 5.92 Å². The second-order valence-electron chi connectivity index (χ2n) is 3.99. The van der Waals surface area contributed by atoms with Gasteiger partial charge in [0.25, 0.3) is 0 Å². The van der Waals surface area contributed by atoms with Crippen LogP contribution >= 0.6 is 11.3 Å². The van der Waals surface area contributed by atoms with E-state index in [1.807, 2.05) is 6.07 Å². The normalized spacial score (nSPS) is 22.4. The minimum absolute atomic E-state index is 0.783. The fraction of sp³-hybridized carbons (Fsp3) is 0.545. The molecule has 2 rings (SSSR count). The van der Waals surface area contributed by atoms with Crippen LogP contribution in [-0.2, 0) is 0 Å². The quantitative estimate of drug-likeness (QED) is 0.698. The lowest BCUT2D eigenvalue weighted by Crippen LogP contribution is -2.33. The van der Waals surface area contributed by atoms with Crippen molar-refractivity contribution in [2.75, 3.05) is 18.0 Å². The van der Waals surface area contributed by atoms with Crippen LogP contribution in [0.3, 0.4) is 0 Å². The highest BCUT2D eigenvalue weighted by molar-refractivity contribution is 7.17. The second-order valence-corrected chi connectivity index (χ2v) is 5.08. The standard InChI is InChI=1S/C11H15NOS/c1-9-3-2-6-12(7-9)11-5-4-10(8-13)14-11/h4-5,8-9H,2-3,6-7H2,1H3. The predicted molar refractivity (Wildman–Crippen MR) is 60.3 cm³/mol. The van der Waals surface area contributed by atoms with E-state index >= 15 is 0 Å². The number of rotatable bonds is 2. The van der Waals surface area contributed by atoms with Crippen LogP contribution in [0.4, 0.5) is 5.00 Å². The Morgan fingerprint density at radius 3 is 3.07 bits per heavy atom. The van der Waals surface area contributed by atoms with E-state index in [1.165, 1.54) is 17.8 Å². The van der Waals surface area contributed by atoms with Crippen molar-refractivity contribution < 1.29 is 4.79 Å². The van der Waals surface area contributed by atoms with Gasteiger partial charge in [0.15, 0.2) is 6.29 Å². The third kappa shape index (κ3) is 1.98. The number of thiophene rings is 1. The van der Waals surface area contributed by atoms with Crippen molar-refractivity contribution in [2.24, 2.45) is 5.92 Å². The van der Waals surface area contributed by atoms with Gasteiger partial charge in [-0.2, -0.15) is 0 Å².